The quantitative estimate of drug-likeness (QED) is 0.388. The van der Waals surface area contributed by atoms with Gasteiger partial charge in [0.1, 0.15) is 5.56 Å². The second-order valence-corrected chi connectivity index (χ2v) is 6.19. The number of carbonyl (C=O) groups excluding carboxylic acids is 1. The van der Waals surface area contributed by atoms with Gasteiger partial charge in [0, 0.05) is 0 Å². The van der Waals surface area contributed by atoms with Gasteiger partial charge in [-0.1, -0.05) is 24.3 Å². The standard InChI is InChI=1S/C20H19N3O4/c1-12-8-5-6-10-16(12)22-14(3)18(13(2)21-22)20(24)15-9-7-11-17(27-4)19(15)23(25)26/h5-11H,1-4H3. The van der Waals surface area contributed by atoms with Crippen molar-refractivity contribution in [3.63, 3.8) is 0 Å². The number of hydrogen-bond donors (Lipinski definition) is 0. The number of aryl methyl sites for hydroxylation is 2. The molecule has 2 aromatic carbocycles. The van der Waals surface area contributed by atoms with Crippen molar-refractivity contribution >= 4 is 11.5 Å². The van der Waals surface area contributed by atoms with Crippen LogP contribution in [0.25, 0.3) is 5.69 Å². The molecule has 0 fully saturated rings. The molecule has 138 valence electrons. The molecule has 1 aromatic heterocycles. The number of aromatic nitrogens is 2. The third kappa shape index (κ3) is 3.08. The van der Waals surface area contributed by atoms with Crippen LogP contribution in [-0.2, 0) is 0 Å². The predicted octanol–water partition coefficient (Wildman–Crippen LogP) is 3.95. The number of hydrogen-bond acceptors (Lipinski definition) is 5. The van der Waals surface area contributed by atoms with Gasteiger partial charge in [-0.2, -0.15) is 5.10 Å². The average Bonchev–Trinajstić information content (AvgIpc) is 2.94. The molecule has 0 amide bonds. The van der Waals surface area contributed by atoms with Crippen molar-refractivity contribution in [3.05, 3.63) is 80.7 Å². The molecule has 0 unspecified atom stereocenters. The lowest BCUT2D eigenvalue weighted by molar-refractivity contribution is -0.386. The van der Waals surface area contributed by atoms with E-state index < -0.39 is 10.7 Å². The van der Waals surface area contributed by atoms with E-state index in [-0.39, 0.29) is 17.0 Å². The molecule has 0 aliphatic heterocycles. The molecule has 7 nitrogen and oxygen atoms in total. The Morgan fingerprint density at radius 2 is 1.81 bits per heavy atom. The minimum absolute atomic E-state index is 0.0186. The first-order valence-corrected chi connectivity index (χ1v) is 8.35. The molecular formula is C20H19N3O4. The Morgan fingerprint density at radius 1 is 1.11 bits per heavy atom. The van der Waals surface area contributed by atoms with Gasteiger partial charge in [0.2, 0.25) is 5.78 Å². The second kappa shape index (κ2) is 7.03. The molecule has 0 N–H and O–H groups in total. The number of nitro benzene ring substituents is 1. The smallest absolute Gasteiger partial charge is 0.322 e. The van der Waals surface area contributed by atoms with E-state index in [9.17, 15) is 14.9 Å². The number of methoxy groups -OCH3 is 1. The van der Waals surface area contributed by atoms with Gasteiger partial charge < -0.3 is 4.74 Å². The Balaban J connectivity index is 2.18. The van der Waals surface area contributed by atoms with Crippen molar-refractivity contribution in [2.24, 2.45) is 0 Å². The molecule has 0 bridgehead atoms. The fourth-order valence-electron chi connectivity index (χ4n) is 3.20. The molecule has 0 spiro atoms. The number of para-hydroxylation sites is 2. The fourth-order valence-corrected chi connectivity index (χ4v) is 3.20. The van der Waals surface area contributed by atoms with Crippen LogP contribution in [0.1, 0.15) is 32.9 Å². The third-order valence-corrected chi connectivity index (χ3v) is 4.51. The summed E-state index contributed by atoms with van der Waals surface area (Å²) in [6, 6.07) is 12.2. The highest BCUT2D eigenvalue weighted by Crippen LogP contribution is 2.33. The lowest BCUT2D eigenvalue weighted by atomic mass is 9.99. The Hall–Kier alpha value is -3.48. The van der Waals surface area contributed by atoms with Crippen molar-refractivity contribution in [1.29, 1.82) is 0 Å². The van der Waals surface area contributed by atoms with E-state index in [4.69, 9.17) is 4.74 Å². The van der Waals surface area contributed by atoms with Crippen molar-refractivity contribution in [1.82, 2.24) is 9.78 Å². The normalized spacial score (nSPS) is 10.7. The molecule has 1 heterocycles. The average molecular weight is 365 g/mol. The zero-order chi connectivity index (χ0) is 19.7. The zero-order valence-corrected chi connectivity index (χ0v) is 15.5. The van der Waals surface area contributed by atoms with E-state index in [0.717, 1.165) is 11.3 Å². The van der Waals surface area contributed by atoms with Crippen LogP contribution in [0.5, 0.6) is 5.75 Å². The molecule has 7 heteroatoms. The van der Waals surface area contributed by atoms with Crippen LogP contribution in [0.4, 0.5) is 5.69 Å². The van der Waals surface area contributed by atoms with Gasteiger partial charge in [0.25, 0.3) is 0 Å². The molecule has 0 atom stereocenters. The van der Waals surface area contributed by atoms with Gasteiger partial charge in [-0.25, -0.2) is 4.68 Å². The monoisotopic (exact) mass is 365 g/mol. The van der Waals surface area contributed by atoms with Crippen LogP contribution in [0.3, 0.4) is 0 Å². The first-order chi connectivity index (χ1) is 12.9. The highest BCUT2D eigenvalue weighted by molar-refractivity contribution is 6.13. The SMILES string of the molecule is COc1cccc(C(=O)c2c(C)nn(-c3ccccc3C)c2C)c1[N+](=O)[O-]. The van der Waals surface area contributed by atoms with Crippen molar-refractivity contribution in [2.45, 2.75) is 20.8 Å². The molecule has 0 saturated heterocycles. The number of ketones is 1. The lowest BCUT2D eigenvalue weighted by Crippen LogP contribution is -2.09. The maximum atomic E-state index is 13.2. The molecule has 27 heavy (non-hydrogen) atoms. The van der Waals surface area contributed by atoms with Crippen molar-refractivity contribution in [3.8, 4) is 11.4 Å². The lowest BCUT2D eigenvalue weighted by Gasteiger charge is -2.09. The van der Waals surface area contributed by atoms with E-state index >= 15 is 0 Å². The first kappa shape index (κ1) is 18.3. The van der Waals surface area contributed by atoms with Gasteiger partial charge in [0.15, 0.2) is 5.75 Å². The Labute approximate surface area is 156 Å². The summed E-state index contributed by atoms with van der Waals surface area (Å²) >= 11 is 0. The van der Waals surface area contributed by atoms with Crippen LogP contribution < -0.4 is 4.74 Å². The van der Waals surface area contributed by atoms with E-state index in [1.807, 2.05) is 31.2 Å². The summed E-state index contributed by atoms with van der Waals surface area (Å²) in [5.74, 6) is -0.400. The van der Waals surface area contributed by atoms with Crippen LogP contribution in [0.2, 0.25) is 0 Å². The van der Waals surface area contributed by atoms with Gasteiger partial charge >= 0.3 is 5.69 Å². The number of ether oxygens (including phenoxy) is 1. The fraction of sp³-hybridized carbons (Fsp3) is 0.200. The molecule has 3 rings (SSSR count). The molecule has 0 radical (unpaired) electrons. The van der Waals surface area contributed by atoms with Crippen LogP contribution in [0, 0.1) is 30.9 Å². The van der Waals surface area contributed by atoms with E-state index in [2.05, 4.69) is 5.10 Å². The topological polar surface area (TPSA) is 87.3 Å². The minimum Gasteiger partial charge on any atom is -0.490 e. The third-order valence-electron chi connectivity index (χ3n) is 4.51. The van der Waals surface area contributed by atoms with Gasteiger partial charge in [0.05, 0.1) is 34.7 Å². The maximum Gasteiger partial charge on any atom is 0.322 e. The first-order valence-electron chi connectivity index (χ1n) is 8.35. The van der Waals surface area contributed by atoms with Crippen LogP contribution >= 0.6 is 0 Å². The molecule has 0 aliphatic carbocycles. The summed E-state index contributed by atoms with van der Waals surface area (Å²) in [4.78, 5) is 24.1. The highest BCUT2D eigenvalue weighted by atomic mass is 16.6. The van der Waals surface area contributed by atoms with Crippen molar-refractivity contribution in [2.75, 3.05) is 7.11 Å². The summed E-state index contributed by atoms with van der Waals surface area (Å²) in [6.45, 7) is 5.47. The number of nitrogens with zero attached hydrogens (tertiary/aromatic N) is 3. The number of rotatable bonds is 5. The van der Waals surface area contributed by atoms with E-state index in [1.165, 1.54) is 19.2 Å². The Bertz CT molecular complexity index is 1050. The van der Waals surface area contributed by atoms with E-state index in [1.54, 1.807) is 24.6 Å². The second-order valence-electron chi connectivity index (χ2n) is 6.19. The Morgan fingerprint density at radius 3 is 2.44 bits per heavy atom. The van der Waals surface area contributed by atoms with Gasteiger partial charge in [-0.15, -0.1) is 0 Å². The minimum atomic E-state index is -0.595. The van der Waals surface area contributed by atoms with E-state index in [0.29, 0.717) is 17.0 Å². The number of carbonyl (C=O) groups is 1. The van der Waals surface area contributed by atoms with Gasteiger partial charge in [-0.3, -0.25) is 14.9 Å². The van der Waals surface area contributed by atoms with Crippen molar-refractivity contribution < 1.29 is 14.5 Å². The summed E-state index contributed by atoms with van der Waals surface area (Å²) in [5, 5.41) is 16.0. The summed E-state index contributed by atoms with van der Waals surface area (Å²) in [5.41, 5.74) is 3.01. The van der Waals surface area contributed by atoms with Gasteiger partial charge in [-0.05, 0) is 44.5 Å². The maximum absolute atomic E-state index is 13.2. The summed E-state index contributed by atoms with van der Waals surface area (Å²) in [6.07, 6.45) is 0. The highest BCUT2D eigenvalue weighted by Gasteiger charge is 2.29. The number of benzene rings is 2. The number of nitro groups is 1. The Kier molecular flexibility index (Phi) is 4.77. The molecule has 3 aromatic rings. The largest absolute Gasteiger partial charge is 0.490 e. The molecular weight excluding hydrogens is 346 g/mol. The summed E-state index contributed by atoms with van der Waals surface area (Å²) in [7, 11) is 1.34. The summed E-state index contributed by atoms with van der Waals surface area (Å²) < 4.78 is 6.77. The predicted molar refractivity (Wildman–Crippen MR) is 101 cm³/mol. The molecule has 0 aliphatic rings. The molecule has 0 saturated carbocycles. The van der Waals surface area contributed by atoms with Crippen LogP contribution in [-0.4, -0.2) is 27.6 Å². The zero-order valence-electron chi connectivity index (χ0n) is 15.5. The van der Waals surface area contributed by atoms with Crippen LogP contribution in [0.15, 0.2) is 42.5 Å².